The van der Waals surface area contributed by atoms with Crippen LogP contribution in [0.5, 0.6) is 0 Å². The number of hydrogen-bond acceptors (Lipinski definition) is 3. The van der Waals surface area contributed by atoms with E-state index in [9.17, 15) is 13.6 Å². The van der Waals surface area contributed by atoms with E-state index in [2.05, 4.69) is 4.90 Å². The molecule has 1 aliphatic heterocycles. The van der Waals surface area contributed by atoms with Gasteiger partial charge < -0.3 is 15.5 Å². The largest absolute Gasteiger partial charge is 0.398 e. The van der Waals surface area contributed by atoms with Crippen LogP contribution in [0.1, 0.15) is 16.8 Å². The highest BCUT2D eigenvalue weighted by Gasteiger charge is 2.22. The van der Waals surface area contributed by atoms with Crippen LogP contribution < -0.4 is 5.73 Å². The molecule has 1 saturated heterocycles. The van der Waals surface area contributed by atoms with Crippen LogP contribution in [0.2, 0.25) is 0 Å². The number of anilines is 1. The minimum atomic E-state index is -1.05. The maximum atomic E-state index is 13.2. The zero-order valence-electron chi connectivity index (χ0n) is 10.8. The maximum absolute atomic E-state index is 13.2. The van der Waals surface area contributed by atoms with Gasteiger partial charge in [0.25, 0.3) is 5.91 Å². The summed E-state index contributed by atoms with van der Waals surface area (Å²) in [4.78, 5) is 16.0. The molecule has 19 heavy (non-hydrogen) atoms. The van der Waals surface area contributed by atoms with Gasteiger partial charge in [-0.15, -0.1) is 0 Å². The van der Waals surface area contributed by atoms with Gasteiger partial charge >= 0.3 is 0 Å². The molecule has 0 radical (unpaired) electrons. The van der Waals surface area contributed by atoms with Crippen LogP contribution in [0.25, 0.3) is 0 Å². The topological polar surface area (TPSA) is 49.6 Å². The number of benzene rings is 1. The van der Waals surface area contributed by atoms with E-state index in [0.717, 1.165) is 31.6 Å². The number of amides is 1. The van der Waals surface area contributed by atoms with Gasteiger partial charge in [-0.3, -0.25) is 4.79 Å². The lowest BCUT2D eigenvalue weighted by Gasteiger charge is -2.21. The molecule has 1 fully saturated rings. The molecular formula is C13H17F2N3O. The number of carbonyl (C=O) groups excluding carboxylic acids is 1. The molecule has 0 bridgehead atoms. The molecule has 0 saturated carbocycles. The molecule has 0 aromatic heterocycles. The SMILES string of the molecule is CN1CCCN(C(=O)c2cc(F)c(F)cc2N)CC1. The Morgan fingerprint density at radius 2 is 1.84 bits per heavy atom. The lowest BCUT2D eigenvalue weighted by Crippen LogP contribution is -2.35. The van der Waals surface area contributed by atoms with Crippen molar-refractivity contribution >= 4 is 11.6 Å². The summed E-state index contributed by atoms with van der Waals surface area (Å²) in [6.07, 6.45) is 0.853. The minimum Gasteiger partial charge on any atom is -0.398 e. The monoisotopic (exact) mass is 269 g/mol. The normalized spacial score (nSPS) is 17.3. The molecule has 2 rings (SSSR count). The Kier molecular flexibility index (Phi) is 3.99. The molecule has 1 aromatic carbocycles. The number of nitrogen functional groups attached to an aromatic ring is 1. The van der Waals surface area contributed by atoms with Crippen LogP contribution in [0.3, 0.4) is 0 Å². The van der Waals surface area contributed by atoms with Crippen molar-refractivity contribution in [2.75, 3.05) is 39.0 Å². The molecule has 6 heteroatoms. The number of hydrogen-bond donors (Lipinski definition) is 1. The number of carbonyl (C=O) groups is 1. The van der Waals surface area contributed by atoms with Crippen molar-refractivity contribution in [2.45, 2.75) is 6.42 Å². The quantitative estimate of drug-likeness (QED) is 0.782. The lowest BCUT2D eigenvalue weighted by atomic mass is 10.1. The molecule has 2 N–H and O–H groups in total. The highest BCUT2D eigenvalue weighted by atomic mass is 19.2. The first-order chi connectivity index (χ1) is 8.99. The van der Waals surface area contributed by atoms with Gasteiger partial charge in [-0.05, 0) is 26.1 Å². The smallest absolute Gasteiger partial charge is 0.256 e. The van der Waals surface area contributed by atoms with Crippen LogP contribution >= 0.6 is 0 Å². The summed E-state index contributed by atoms with van der Waals surface area (Å²) < 4.78 is 26.2. The molecule has 1 amide bonds. The molecule has 1 aliphatic rings. The van der Waals surface area contributed by atoms with E-state index in [0.29, 0.717) is 13.1 Å². The maximum Gasteiger partial charge on any atom is 0.256 e. The van der Waals surface area contributed by atoms with Gasteiger partial charge in [0.1, 0.15) is 0 Å². The molecule has 0 unspecified atom stereocenters. The van der Waals surface area contributed by atoms with Crippen LogP contribution in [-0.4, -0.2) is 48.9 Å². The minimum absolute atomic E-state index is 0.0264. The third kappa shape index (κ3) is 3.01. The van der Waals surface area contributed by atoms with Crippen molar-refractivity contribution in [3.05, 3.63) is 29.3 Å². The van der Waals surface area contributed by atoms with Gasteiger partial charge in [-0.2, -0.15) is 0 Å². The Hall–Kier alpha value is -1.69. The third-order valence-corrected chi connectivity index (χ3v) is 3.33. The number of nitrogens with two attached hydrogens (primary N) is 1. The number of likely N-dealkylation sites (N-methyl/N-ethyl adjacent to an activating group) is 1. The second kappa shape index (κ2) is 5.52. The highest BCUT2D eigenvalue weighted by molar-refractivity contribution is 5.99. The average molecular weight is 269 g/mol. The van der Waals surface area contributed by atoms with Gasteiger partial charge in [0, 0.05) is 31.4 Å². The molecule has 1 aromatic rings. The molecule has 0 atom stereocenters. The van der Waals surface area contributed by atoms with Gasteiger partial charge in [0.15, 0.2) is 11.6 Å². The summed E-state index contributed by atoms with van der Waals surface area (Å²) >= 11 is 0. The van der Waals surface area contributed by atoms with Crippen LogP contribution in [0, 0.1) is 11.6 Å². The number of nitrogens with zero attached hydrogens (tertiary/aromatic N) is 2. The van der Waals surface area contributed by atoms with Crippen molar-refractivity contribution in [3.63, 3.8) is 0 Å². The second-order valence-electron chi connectivity index (χ2n) is 4.80. The molecule has 4 nitrogen and oxygen atoms in total. The highest BCUT2D eigenvalue weighted by Crippen LogP contribution is 2.19. The van der Waals surface area contributed by atoms with Gasteiger partial charge in [0.05, 0.1) is 5.56 Å². The predicted molar refractivity (Wildman–Crippen MR) is 68.8 cm³/mol. The van der Waals surface area contributed by atoms with Gasteiger partial charge in [-0.25, -0.2) is 8.78 Å². The zero-order valence-corrected chi connectivity index (χ0v) is 10.8. The average Bonchev–Trinajstić information content (AvgIpc) is 2.58. The standard InChI is InChI=1S/C13H17F2N3O/c1-17-3-2-4-18(6-5-17)13(19)9-7-10(14)11(15)8-12(9)16/h7-8H,2-6,16H2,1H3. The van der Waals surface area contributed by atoms with E-state index in [4.69, 9.17) is 5.73 Å². The fourth-order valence-electron chi connectivity index (χ4n) is 2.17. The molecular weight excluding hydrogens is 252 g/mol. The van der Waals surface area contributed by atoms with E-state index in [-0.39, 0.29) is 17.2 Å². The molecule has 104 valence electrons. The molecule has 1 heterocycles. The van der Waals surface area contributed by atoms with Crippen molar-refractivity contribution < 1.29 is 13.6 Å². The summed E-state index contributed by atoms with van der Waals surface area (Å²) in [5, 5.41) is 0. The lowest BCUT2D eigenvalue weighted by molar-refractivity contribution is 0.0763. The van der Waals surface area contributed by atoms with Gasteiger partial charge in [0.2, 0.25) is 0 Å². The van der Waals surface area contributed by atoms with Crippen LogP contribution in [-0.2, 0) is 0 Å². The fraction of sp³-hybridized carbons (Fsp3) is 0.462. The van der Waals surface area contributed by atoms with Gasteiger partial charge in [-0.1, -0.05) is 0 Å². The third-order valence-electron chi connectivity index (χ3n) is 3.33. The molecule has 0 aliphatic carbocycles. The number of rotatable bonds is 1. The Morgan fingerprint density at radius 1 is 1.16 bits per heavy atom. The first-order valence-electron chi connectivity index (χ1n) is 6.21. The van der Waals surface area contributed by atoms with E-state index in [1.54, 1.807) is 4.90 Å². The van der Waals surface area contributed by atoms with E-state index in [1.807, 2.05) is 7.05 Å². The predicted octanol–water partition coefficient (Wildman–Crippen LogP) is 1.32. The Bertz CT molecular complexity index is 493. The van der Waals surface area contributed by atoms with Crippen molar-refractivity contribution in [2.24, 2.45) is 0 Å². The van der Waals surface area contributed by atoms with Crippen molar-refractivity contribution in [1.29, 1.82) is 0 Å². The first-order valence-corrected chi connectivity index (χ1v) is 6.21. The number of halogens is 2. The van der Waals surface area contributed by atoms with E-state index in [1.165, 1.54) is 0 Å². The summed E-state index contributed by atoms with van der Waals surface area (Å²) in [6.45, 7) is 2.84. The zero-order chi connectivity index (χ0) is 14.0. The van der Waals surface area contributed by atoms with Crippen LogP contribution in [0.4, 0.5) is 14.5 Å². The van der Waals surface area contributed by atoms with E-state index >= 15 is 0 Å². The second-order valence-corrected chi connectivity index (χ2v) is 4.80. The molecule has 0 spiro atoms. The first kappa shape index (κ1) is 13.7. The fourth-order valence-corrected chi connectivity index (χ4v) is 2.17. The summed E-state index contributed by atoms with van der Waals surface area (Å²) in [5.74, 6) is -2.43. The summed E-state index contributed by atoms with van der Waals surface area (Å²) in [6, 6.07) is 1.73. The Morgan fingerprint density at radius 3 is 2.58 bits per heavy atom. The summed E-state index contributed by atoms with van der Waals surface area (Å²) in [7, 11) is 1.99. The van der Waals surface area contributed by atoms with Crippen LogP contribution in [0.15, 0.2) is 12.1 Å². The summed E-state index contributed by atoms with van der Waals surface area (Å²) in [5.41, 5.74) is 5.60. The van der Waals surface area contributed by atoms with Crippen molar-refractivity contribution in [1.82, 2.24) is 9.80 Å². The Balaban J connectivity index is 2.21. The van der Waals surface area contributed by atoms with E-state index < -0.39 is 11.6 Å². The van der Waals surface area contributed by atoms with Crippen molar-refractivity contribution in [3.8, 4) is 0 Å². The Labute approximate surface area is 110 Å².